The largest absolute Gasteiger partial charge is 0.444 e. The first-order valence-corrected chi connectivity index (χ1v) is 8.73. The van der Waals surface area contributed by atoms with Crippen molar-refractivity contribution in [3.63, 3.8) is 0 Å². The van der Waals surface area contributed by atoms with Gasteiger partial charge < -0.3 is 19.4 Å². The van der Waals surface area contributed by atoms with Crippen LogP contribution in [0.25, 0.3) is 0 Å². The van der Waals surface area contributed by atoms with Gasteiger partial charge in [0.25, 0.3) is 0 Å². The van der Waals surface area contributed by atoms with E-state index in [1.165, 1.54) is 5.56 Å². The molecule has 0 aliphatic carbocycles. The first-order chi connectivity index (χ1) is 12.1. The van der Waals surface area contributed by atoms with E-state index in [2.05, 4.69) is 22.4 Å². The minimum absolute atomic E-state index is 0.0749. The van der Waals surface area contributed by atoms with Gasteiger partial charge in [-0.15, -0.1) is 0 Å². The lowest BCUT2D eigenvalue weighted by atomic mass is 10.1. The van der Waals surface area contributed by atoms with Crippen LogP contribution in [-0.4, -0.2) is 41.7 Å². The van der Waals surface area contributed by atoms with Gasteiger partial charge in [-0.05, 0) is 32.3 Å². The number of amides is 2. The van der Waals surface area contributed by atoms with Crippen LogP contribution >= 0.6 is 0 Å². The van der Waals surface area contributed by atoms with E-state index in [1.807, 2.05) is 36.9 Å². The lowest BCUT2D eigenvalue weighted by molar-refractivity contribution is -0.0177. The Hall–Kier alpha value is -2.34. The minimum Gasteiger partial charge on any atom is -0.444 e. The molecule has 1 aromatic carbocycles. The molecular formula is C19H25N3O3. The lowest BCUT2D eigenvalue weighted by Crippen LogP contribution is -2.49. The standard InChI is InChI=1S/C19H25N3O3/c1-14-15(2)25-18(21-14)12-20-19(23)22-10-11-24-17(13-22)9-8-16-6-4-3-5-7-16/h3-7,17H,8-13H2,1-2H3,(H,20,23). The summed E-state index contributed by atoms with van der Waals surface area (Å²) in [5, 5.41) is 2.88. The maximum absolute atomic E-state index is 12.4. The molecule has 25 heavy (non-hydrogen) atoms. The molecule has 134 valence electrons. The first kappa shape index (κ1) is 17.5. The molecule has 1 fully saturated rings. The number of rotatable bonds is 5. The number of hydrogen-bond acceptors (Lipinski definition) is 4. The van der Waals surface area contributed by atoms with Crippen molar-refractivity contribution in [2.24, 2.45) is 0 Å². The van der Waals surface area contributed by atoms with E-state index >= 15 is 0 Å². The molecule has 1 aliphatic rings. The number of aromatic nitrogens is 1. The molecule has 0 bridgehead atoms. The lowest BCUT2D eigenvalue weighted by Gasteiger charge is -2.33. The van der Waals surface area contributed by atoms with Gasteiger partial charge in [0, 0.05) is 13.1 Å². The number of carbonyl (C=O) groups excluding carboxylic acids is 1. The highest BCUT2D eigenvalue weighted by atomic mass is 16.5. The van der Waals surface area contributed by atoms with Gasteiger partial charge in [0.05, 0.1) is 24.9 Å². The monoisotopic (exact) mass is 343 g/mol. The third kappa shape index (κ3) is 4.82. The van der Waals surface area contributed by atoms with Crippen LogP contribution in [-0.2, 0) is 17.7 Å². The number of oxazole rings is 1. The number of nitrogens with one attached hydrogen (secondary N) is 1. The molecule has 2 aromatic rings. The predicted octanol–water partition coefficient (Wildman–Crippen LogP) is 2.83. The molecule has 0 spiro atoms. The van der Waals surface area contributed by atoms with Gasteiger partial charge in [-0.2, -0.15) is 0 Å². The molecule has 1 aliphatic heterocycles. The van der Waals surface area contributed by atoms with E-state index in [9.17, 15) is 4.79 Å². The zero-order valence-electron chi connectivity index (χ0n) is 14.8. The number of benzene rings is 1. The quantitative estimate of drug-likeness (QED) is 0.906. The maximum Gasteiger partial charge on any atom is 0.318 e. The van der Waals surface area contributed by atoms with Gasteiger partial charge in [0.2, 0.25) is 5.89 Å². The van der Waals surface area contributed by atoms with Crippen LogP contribution in [0.3, 0.4) is 0 Å². The van der Waals surface area contributed by atoms with Crippen molar-refractivity contribution in [2.75, 3.05) is 19.7 Å². The zero-order chi connectivity index (χ0) is 17.6. The fraction of sp³-hybridized carbons (Fsp3) is 0.474. The van der Waals surface area contributed by atoms with Crippen LogP contribution in [0.1, 0.15) is 29.3 Å². The summed E-state index contributed by atoms with van der Waals surface area (Å²) < 4.78 is 11.3. The molecule has 2 amide bonds. The van der Waals surface area contributed by atoms with Gasteiger partial charge >= 0.3 is 6.03 Å². The Morgan fingerprint density at radius 2 is 2.12 bits per heavy atom. The SMILES string of the molecule is Cc1nc(CNC(=O)N2CCOC(CCc3ccccc3)C2)oc1C. The molecule has 3 rings (SSSR count). The Balaban J connectivity index is 1.46. The van der Waals surface area contributed by atoms with Crippen molar-refractivity contribution >= 4 is 6.03 Å². The molecule has 6 heteroatoms. The van der Waals surface area contributed by atoms with E-state index in [0.717, 1.165) is 24.3 Å². The average Bonchev–Trinajstić information content (AvgIpc) is 2.97. The second-order valence-electron chi connectivity index (χ2n) is 6.37. The van der Waals surface area contributed by atoms with Gasteiger partial charge in [0.15, 0.2) is 0 Å². The van der Waals surface area contributed by atoms with Gasteiger partial charge in [-0.1, -0.05) is 30.3 Å². The third-order valence-electron chi connectivity index (χ3n) is 4.49. The number of aryl methyl sites for hydroxylation is 3. The van der Waals surface area contributed by atoms with Crippen LogP contribution in [0.15, 0.2) is 34.7 Å². The van der Waals surface area contributed by atoms with E-state index in [-0.39, 0.29) is 12.1 Å². The van der Waals surface area contributed by atoms with Crippen molar-refractivity contribution in [3.05, 3.63) is 53.2 Å². The number of carbonyl (C=O) groups is 1. The first-order valence-electron chi connectivity index (χ1n) is 8.73. The summed E-state index contributed by atoms with van der Waals surface area (Å²) in [6.45, 7) is 5.86. The van der Waals surface area contributed by atoms with Crippen LogP contribution < -0.4 is 5.32 Å². The van der Waals surface area contributed by atoms with Crippen LogP contribution in [0.4, 0.5) is 4.79 Å². The Bertz CT molecular complexity index is 680. The summed E-state index contributed by atoms with van der Waals surface area (Å²) in [7, 11) is 0. The summed E-state index contributed by atoms with van der Waals surface area (Å²) >= 11 is 0. The van der Waals surface area contributed by atoms with Crippen molar-refractivity contribution in [1.29, 1.82) is 0 Å². The molecule has 1 saturated heterocycles. The summed E-state index contributed by atoms with van der Waals surface area (Å²) in [6.07, 6.45) is 1.94. The Labute approximate surface area is 148 Å². The van der Waals surface area contributed by atoms with Crippen molar-refractivity contribution in [2.45, 2.75) is 39.3 Å². The second-order valence-corrected chi connectivity index (χ2v) is 6.37. The van der Waals surface area contributed by atoms with Crippen LogP contribution in [0, 0.1) is 13.8 Å². The second kappa shape index (κ2) is 8.16. The van der Waals surface area contributed by atoms with Gasteiger partial charge in [-0.25, -0.2) is 9.78 Å². The molecule has 0 radical (unpaired) electrons. The zero-order valence-corrected chi connectivity index (χ0v) is 14.8. The molecule has 1 aromatic heterocycles. The summed E-state index contributed by atoms with van der Waals surface area (Å²) in [4.78, 5) is 18.5. The van der Waals surface area contributed by atoms with Crippen molar-refractivity contribution in [3.8, 4) is 0 Å². The van der Waals surface area contributed by atoms with E-state index in [4.69, 9.17) is 9.15 Å². The van der Waals surface area contributed by atoms with Gasteiger partial charge in [-0.3, -0.25) is 0 Å². The average molecular weight is 343 g/mol. The summed E-state index contributed by atoms with van der Waals surface area (Å²) in [5.74, 6) is 1.33. The summed E-state index contributed by atoms with van der Waals surface area (Å²) in [6, 6.07) is 10.2. The highest BCUT2D eigenvalue weighted by molar-refractivity contribution is 5.74. The molecular weight excluding hydrogens is 318 g/mol. The Kier molecular flexibility index (Phi) is 5.71. The fourth-order valence-corrected chi connectivity index (χ4v) is 2.93. The minimum atomic E-state index is -0.0958. The van der Waals surface area contributed by atoms with Gasteiger partial charge in [0.1, 0.15) is 5.76 Å². The normalized spacial score (nSPS) is 17.5. The van der Waals surface area contributed by atoms with Crippen molar-refractivity contribution < 1.29 is 13.9 Å². The topological polar surface area (TPSA) is 67.6 Å². The Morgan fingerprint density at radius 1 is 1.32 bits per heavy atom. The third-order valence-corrected chi connectivity index (χ3v) is 4.49. The maximum atomic E-state index is 12.4. The molecule has 1 atom stereocenters. The summed E-state index contributed by atoms with van der Waals surface area (Å²) in [5.41, 5.74) is 2.15. The number of morpholine rings is 1. The van der Waals surface area contributed by atoms with Crippen LogP contribution in [0.5, 0.6) is 0 Å². The number of ether oxygens (including phenoxy) is 1. The number of urea groups is 1. The molecule has 1 N–H and O–H groups in total. The van der Waals surface area contributed by atoms with E-state index in [0.29, 0.717) is 32.1 Å². The highest BCUT2D eigenvalue weighted by Gasteiger charge is 2.24. The molecule has 1 unspecified atom stereocenters. The molecule has 2 heterocycles. The predicted molar refractivity (Wildman–Crippen MR) is 94.3 cm³/mol. The molecule has 6 nitrogen and oxygen atoms in total. The Morgan fingerprint density at radius 3 is 2.84 bits per heavy atom. The fourth-order valence-electron chi connectivity index (χ4n) is 2.93. The van der Waals surface area contributed by atoms with E-state index in [1.54, 1.807) is 0 Å². The number of hydrogen-bond donors (Lipinski definition) is 1. The smallest absolute Gasteiger partial charge is 0.318 e. The van der Waals surface area contributed by atoms with Crippen molar-refractivity contribution in [1.82, 2.24) is 15.2 Å². The highest BCUT2D eigenvalue weighted by Crippen LogP contribution is 2.13. The van der Waals surface area contributed by atoms with Crippen LogP contribution in [0.2, 0.25) is 0 Å². The number of nitrogens with zero attached hydrogens (tertiary/aromatic N) is 2. The molecule has 0 saturated carbocycles. The van der Waals surface area contributed by atoms with E-state index < -0.39 is 0 Å².